The van der Waals surface area contributed by atoms with Crippen LogP contribution in [0.4, 0.5) is 0 Å². The van der Waals surface area contributed by atoms with Crippen LogP contribution in [0.3, 0.4) is 0 Å². The number of rotatable bonds is 3. The van der Waals surface area contributed by atoms with Crippen LogP contribution in [-0.2, 0) is 12.0 Å². The lowest BCUT2D eigenvalue weighted by molar-refractivity contribution is -0.0542. The molecule has 0 spiro atoms. The minimum absolute atomic E-state index is 0.293. The summed E-state index contributed by atoms with van der Waals surface area (Å²) < 4.78 is 0. The predicted molar refractivity (Wildman–Crippen MR) is 80.2 cm³/mol. The second-order valence-corrected chi connectivity index (χ2v) is 5.79. The SMILES string of the molecule is O[C@]1(c2ccccc2)CCCC[C@@H]1Cc1ccncc1. The first-order valence-electron chi connectivity index (χ1n) is 7.46. The van der Waals surface area contributed by atoms with E-state index in [4.69, 9.17) is 0 Å². The van der Waals surface area contributed by atoms with Crippen LogP contribution >= 0.6 is 0 Å². The summed E-state index contributed by atoms with van der Waals surface area (Å²) in [6, 6.07) is 14.3. The Labute approximate surface area is 120 Å². The van der Waals surface area contributed by atoms with E-state index in [1.807, 2.05) is 30.6 Å². The number of pyridine rings is 1. The number of hydrogen-bond acceptors (Lipinski definition) is 2. The Hall–Kier alpha value is -1.67. The monoisotopic (exact) mass is 267 g/mol. The summed E-state index contributed by atoms with van der Waals surface area (Å²) in [6.45, 7) is 0. The summed E-state index contributed by atoms with van der Waals surface area (Å²) in [4.78, 5) is 4.07. The Balaban J connectivity index is 1.87. The maximum absolute atomic E-state index is 11.2. The first-order valence-corrected chi connectivity index (χ1v) is 7.46. The molecule has 1 aliphatic rings. The van der Waals surface area contributed by atoms with Crippen LogP contribution in [0.15, 0.2) is 54.9 Å². The zero-order valence-electron chi connectivity index (χ0n) is 11.7. The van der Waals surface area contributed by atoms with E-state index >= 15 is 0 Å². The van der Waals surface area contributed by atoms with Gasteiger partial charge in [-0.25, -0.2) is 0 Å². The summed E-state index contributed by atoms with van der Waals surface area (Å²) in [7, 11) is 0. The van der Waals surface area contributed by atoms with Crippen molar-refractivity contribution in [2.75, 3.05) is 0 Å². The topological polar surface area (TPSA) is 33.1 Å². The molecule has 0 aliphatic heterocycles. The van der Waals surface area contributed by atoms with Crippen LogP contribution in [0, 0.1) is 5.92 Å². The van der Waals surface area contributed by atoms with Crippen LogP contribution < -0.4 is 0 Å². The average molecular weight is 267 g/mol. The van der Waals surface area contributed by atoms with Crippen LogP contribution in [-0.4, -0.2) is 10.1 Å². The van der Waals surface area contributed by atoms with Crippen molar-refractivity contribution >= 4 is 0 Å². The highest BCUT2D eigenvalue weighted by molar-refractivity contribution is 5.25. The third-order valence-corrected chi connectivity index (χ3v) is 4.54. The molecule has 1 fully saturated rings. The summed E-state index contributed by atoms with van der Waals surface area (Å²) in [5.74, 6) is 0.293. The summed E-state index contributed by atoms with van der Waals surface area (Å²) in [5.41, 5.74) is 1.66. The molecule has 2 atom stereocenters. The number of benzene rings is 1. The lowest BCUT2D eigenvalue weighted by Crippen LogP contribution is -2.39. The molecule has 20 heavy (non-hydrogen) atoms. The van der Waals surface area contributed by atoms with Gasteiger partial charge >= 0.3 is 0 Å². The molecule has 2 heteroatoms. The molecule has 1 aromatic heterocycles. The van der Waals surface area contributed by atoms with Gasteiger partial charge in [0.25, 0.3) is 0 Å². The van der Waals surface area contributed by atoms with Crippen molar-refractivity contribution in [3.05, 3.63) is 66.0 Å². The Morgan fingerprint density at radius 2 is 1.80 bits per heavy atom. The molecule has 1 aliphatic carbocycles. The molecule has 1 aromatic carbocycles. The van der Waals surface area contributed by atoms with Crippen molar-refractivity contribution in [2.24, 2.45) is 5.92 Å². The van der Waals surface area contributed by atoms with Crippen LogP contribution in [0.2, 0.25) is 0 Å². The van der Waals surface area contributed by atoms with Gasteiger partial charge < -0.3 is 5.11 Å². The molecule has 2 aromatic rings. The van der Waals surface area contributed by atoms with E-state index in [0.717, 1.165) is 31.2 Å². The Morgan fingerprint density at radius 3 is 2.55 bits per heavy atom. The molecule has 1 saturated carbocycles. The number of nitrogens with zero attached hydrogens (tertiary/aromatic N) is 1. The average Bonchev–Trinajstić information content (AvgIpc) is 2.52. The fraction of sp³-hybridized carbons (Fsp3) is 0.389. The zero-order chi connectivity index (χ0) is 13.8. The van der Waals surface area contributed by atoms with Gasteiger partial charge in [0.05, 0.1) is 5.60 Å². The van der Waals surface area contributed by atoms with Gasteiger partial charge in [0.15, 0.2) is 0 Å². The van der Waals surface area contributed by atoms with E-state index in [1.165, 1.54) is 12.0 Å². The van der Waals surface area contributed by atoms with Gasteiger partial charge in [-0.05, 0) is 48.4 Å². The van der Waals surface area contributed by atoms with Gasteiger partial charge in [-0.2, -0.15) is 0 Å². The quantitative estimate of drug-likeness (QED) is 0.919. The van der Waals surface area contributed by atoms with E-state index < -0.39 is 5.60 Å². The molecule has 1 N–H and O–H groups in total. The van der Waals surface area contributed by atoms with Gasteiger partial charge in [-0.3, -0.25) is 4.98 Å². The smallest absolute Gasteiger partial charge is 0.0927 e. The van der Waals surface area contributed by atoms with E-state index in [1.54, 1.807) is 0 Å². The summed E-state index contributed by atoms with van der Waals surface area (Å²) >= 11 is 0. The van der Waals surface area contributed by atoms with Crippen LogP contribution in [0.1, 0.15) is 36.8 Å². The van der Waals surface area contributed by atoms with E-state index in [2.05, 4.69) is 29.2 Å². The van der Waals surface area contributed by atoms with E-state index in [-0.39, 0.29) is 0 Å². The standard InChI is InChI=1S/C18H21NO/c20-18(16-6-2-1-3-7-16)11-5-4-8-17(18)14-15-9-12-19-13-10-15/h1-3,6-7,9-10,12-13,17,20H,4-5,8,11,14H2/t17-,18+/m1/s1. The molecular weight excluding hydrogens is 246 g/mol. The lowest BCUT2D eigenvalue weighted by atomic mass is 9.69. The van der Waals surface area contributed by atoms with Crippen molar-refractivity contribution in [3.63, 3.8) is 0 Å². The number of hydrogen-bond donors (Lipinski definition) is 1. The zero-order valence-corrected chi connectivity index (χ0v) is 11.7. The second-order valence-electron chi connectivity index (χ2n) is 5.79. The minimum atomic E-state index is -0.678. The molecule has 0 bridgehead atoms. The molecule has 1 heterocycles. The first-order chi connectivity index (χ1) is 9.79. The van der Waals surface area contributed by atoms with Gasteiger partial charge in [0.2, 0.25) is 0 Å². The van der Waals surface area contributed by atoms with Crippen molar-refractivity contribution in [2.45, 2.75) is 37.7 Å². The molecule has 3 rings (SSSR count). The Bertz CT molecular complexity index is 540. The summed E-state index contributed by atoms with van der Waals surface area (Å²) in [5, 5.41) is 11.2. The van der Waals surface area contributed by atoms with Gasteiger partial charge in [0.1, 0.15) is 0 Å². The van der Waals surface area contributed by atoms with Gasteiger partial charge in [-0.15, -0.1) is 0 Å². The molecule has 0 radical (unpaired) electrons. The molecule has 0 amide bonds. The molecule has 2 nitrogen and oxygen atoms in total. The highest BCUT2D eigenvalue weighted by atomic mass is 16.3. The third-order valence-electron chi connectivity index (χ3n) is 4.54. The molecule has 104 valence electrons. The van der Waals surface area contributed by atoms with Gasteiger partial charge in [-0.1, -0.05) is 43.2 Å². The van der Waals surface area contributed by atoms with E-state index in [9.17, 15) is 5.11 Å². The maximum atomic E-state index is 11.2. The highest BCUT2D eigenvalue weighted by Crippen LogP contribution is 2.43. The summed E-state index contributed by atoms with van der Waals surface area (Å²) in [6.07, 6.45) is 8.87. The fourth-order valence-electron chi connectivity index (χ4n) is 3.41. The fourth-order valence-corrected chi connectivity index (χ4v) is 3.41. The van der Waals surface area contributed by atoms with Gasteiger partial charge in [0, 0.05) is 12.4 Å². The minimum Gasteiger partial charge on any atom is -0.385 e. The van der Waals surface area contributed by atoms with Crippen molar-refractivity contribution in [1.82, 2.24) is 4.98 Å². The molecule has 0 unspecified atom stereocenters. The second kappa shape index (κ2) is 5.76. The maximum Gasteiger partial charge on any atom is 0.0927 e. The number of aromatic nitrogens is 1. The first kappa shape index (κ1) is 13.3. The van der Waals surface area contributed by atoms with E-state index in [0.29, 0.717) is 5.92 Å². The Kier molecular flexibility index (Phi) is 3.83. The van der Waals surface area contributed by atoms with Crippen LogP contribution in [0.5, 0.6) is 0 Å². The molecule has 0 saturated heterocycles. The normalized spacial score (nSPS) is 26.4. The number of aliphatic hydroxyl groups is 1. The molecular formula is C18H21NO. The van der Waals surface area contributed by atoms with Crippen LogP contribution in [0.25, 0.3) is 0 Å². The highest BCUT2D eigenvalue weighted by Gasteiger charge is 2.39. The van der Waals surface area contributed by atoms with Crippen molar-refractivity contribution in [1.29, 1.82) is 0 Å². The van der Waals surface area contributed by atoms with Crippen molar-refractivity contribution < 1.29 is 5.11 Å². The lowest BCUT2D eigenvalue weighted by Gasteiger charge is -2.40. The van der Waals surface area contributed by atoms with Crippen molar-refractivity contribution in [3.8, 4) is 0 Å². The predicted octanol–water partition coefficient (Wildman–Crippen LogP) is 3.70. The Morgan fingerprint density at radius 1 is 1.05 bits per heavy atom. The largest absolute Gasteiger partial charge is 0.385 e. The third kappa shape index (κ3) is 2.61.